The van der Waals surface area contributed by atoms with Gasteiger partial charge in [-0.3, -0.25) is 0 Å². The van der Waals surface area contributed by atoms with E-state index < -0.39 is 0 Å². The largest absolute Gasteiger partial charge is 0.334 e. The smallest absolute Gasteiger partial charge is 0.0948 e. The zero-order valence-electron chi connectivity index (χ0n) is 17.5. The first-order chi connectivity index (χ1) is 13.4. The summed E-state index contributed by atoms with van der Waals surface area (Å²) in [6.45, 7) is 2.29. The lowest BCUT2D eigenvalue weighted by atomic mass is 9.99. The van der Waals surface area contributed by atoms with E-state index in [4.69, 9.17) is 0 Å². The molecule has 0 saturated carbocycles. The highest BCUT2D eigenvalue weighted by atomic mass is 15.0. The molecule has 1 aromatic heterocycles. The molecule has 0 N–H and O–H groups in total. The van der Waals surface area contributed by atoms with Gasteiger partial charge in [-0.15, -0.1) is 0 Å². The van der Waals surface area contributed by atoms with Crippen LogP contribution >= 0.6 is 0 Å². The van der Waals surface area contributed by atoms with Crippen molar-refractivity contribution in [2.45, 2.75) is 103 Å². The molecule has 2 nitrogen and oxygen atoms in total. The fourth-order valence-electron chi connectivity index (χ4n) is 3.95. The Kier molecular flexibility index (Phi) is 11.7. The number of benzene rings is 1. The standard InChI is InChI=1S/C25H40N2/c1-2-3-4-5-6-7-8-9-10-11-15-18-25(27-22-21-26-23-27)20-19-24-16-13-12-14-17-24/h12-14,16-17,21-23,25H,2-11,15,18-20H2,1H3. The summed E-state index contributed by atoms with van der Waals surface area (Å²) in [5, 5.41) is 0. The molecule has 150 valence electrons. The number of hydrogen-bond acceptors (Lipinski definition) is 1. The number of nitrogens with zero attached hydrogens (tertiary/aromatic N) is 2. The van der Waals surface area contributed by atoms with E-state index in [9.17, 15) is 0 Å². The Bertz CT molecular complexity index is 547. The molecule has 2 aromatic rings. The molecule has 0 amide bonds. The van der Waals surface area contributed by atoms with E-state index in [-0.39, 0.29) is 0 Å². The molecular formula is C25H40N2. The zero-order chi connectivity index (χ0) is 19.0. The number of imidazole rings is 1. The lowest BCUT2D eigenvalue weighted by Gasteiger charge is -2.18. The van der Waals surface area contributed by atoms with Crippen molar-refractivity contribution in [2.75, 3.05) is 0 Å². The van der Waals surface area contributed by atoms with Gasteiger partial charge in [0, 0.05) is 18.4 Å². The molecule has 0 aliphatic rings. The predicted octanol–water partition coefficient (Wildman–Crippen LogP) is 7.76. The van der Waals surface area contributed by atoms with Gasteiger partial charge in [0.2, 0.25) is 0 Å². The SMILES string of the molecule is CCCCCCCCCCCCCC(CCc1ccccc1)n1ccnc1. The summed E-state index contributed by atoms with van der Waals surface area (Å²) >= 11 is 0. The lowest BCUT2D eigenvalue weighted by molar-refractivity contribution is 0.411. The van der Waals surface area contributed by atoms with Crippen LogP contribution in [0.5, 0.6) is 0 Å². The summed E-state index contributed by atoms with van der Waals surface area (Å²) in [5.41, 5.74) is 1.45. The minimum absolute atomic E-state index is 0.589. The molecule has 27 heavy (non-hydrogen) atoms. The van der Waals surface area contributed by atoms with Crippen LogP contribution in [0.3, 0.4) is 0 Å². The maximum absolute atomic E-state index is 4.27. The van der Waals surface area contributed by atoms with Crippen LogP contribution in [0, 0.1) is 0 Å². The minimum atomic E-state index is 0.589. The average molecular weight is 369 g/mol. The Balaban J connectivity index is 1.56. The quantitative estimate of drug-likeness (QED) is 0.277. The van der Waals surface area contributed by atoms with E-state index in [0.717, 1.165) is 6.42 Å². The van der Waals surface area contributed by atoms with Crippen LogP contribution in [0.1, 0.15) is 102 Å². The molecule has 1 aromatic carbocycles. The first-order valence-electron chi connectivity index (χ1n) is 11.4. The highest BCUT2D eigenvalue weighted by Gasteiger charge is 2.10. The van der Waals surface area contributed by atoms with Crippen molar-refractivity contribution in [3.63, 3.8) is 0 Å². The molecule has 0 saturated heterocycles. The van der Waals surface area contributed by atoms with Gasteiger partial charge in [0.05, 0.1) is 6.33 Å². The van der Waals surface area contributed by atoms with Gasteiger partial charge in [-0.1, -0.05) is 108 Å². The van der Waals surface area contributed by atoms with Crippen LogP contribution in [-0.4, -0.2) is 9.55 Å². The third-order valence-electron chi connectivity index (χ3n) is 5.70. The van der Waals surface area contributed by atoms with Crippen molar-refractivity contribution < 1.29 is 0 Å². The van der Waals surface area contributed by atoms with Gasteiger partial charge < -0.3 is 4.57 Å². The Morgan fingerprint density at radius 1 is 0.778 bits per heavy atom. The van der Waals surface area contributed by atoms with Gasteiger partial charge in [0.1, 0.15) is 0 Å². The second kappa shape index (κ2) is 14.5. The van der Waals surface area contributed by atoms with Gasteiger partial charge in [0.25, 0.3) is 0 Å². The molecule has 0 spiro atoms. The van der Waals surface area contributed by atoms with Crippen LogP contribution in [0.25, 0.3) is 0 Å². The number of hydrogen-bond donors (Lipinski definition) is 0. The van der Waals surface area contributed by atoms with Gasteiger partial charge in [-0.05, 0) is 24.8 Å². The molecule has 2 rings (SSSR count). The second-order valence-corrected chi connectivity index (χ2v) is 8.01. The van der Waals surface area contributed by atoms with Crippen molar-refractivity contribution in [3.8, 4) is 0 Å². The maximum Gasteiger partial charge on any atom is 0.0948 e. The first-order valence-corrected chi connectivity index (χ1v) is 11.4. The third kappa shape index (κ3) is 9.79. The number of aromatic nitrogens is 2. The summed E-state index contributed by atoms with van der Waals surface area (Å²) in [7, 11) is 0. The van der Waals surface area contributed by atoms with Crippen LogP contribution in [0.15, 0.2) is 49.1 Å². The van der Waals surface area contributed by atoms with E-state index in [2.05, 4.69) is 53.0 Å². The molecular weight excluding hydrogens is 328 g/mol. The van der Waals surface area contributed by atoms with E-state index >= 15 is 0 Å². The molecule has 0 bridgehead atoms. The molecule has 1 heterocycles. The number of rotatable bonds is 16. The summed E-state index contributed by atoms with van der Waals surface area (Å²) in [6, 6.07) is 11.5. The van der Waals surface area contributed by atoms with Gasteiger partial charge in [0.15, 0.2) is 0 Å². The molecule has 1 atom stereocenters. The summed E-state index contributed by atoms with van der Waals surface area (Å²) in [4.78, 5) is 4.27. The Morgan fingerprint density at radius 2 is 1.41 bits per heavy atom. The van der Waals surface area contributed by atoms with E-state index in [1.165, 1.54) is 89.0 Å². The fraction of sp³-hybridized carbons (Fsp3) is 0.640. The van der Waals surface area contributed by atoms with Gasteiger partial charge in [-0.2, -0.15) is 0 Å². The molecule has 0 radical (unpaired) electrons. The summed E-state index contributed by atoms with van der Waals surface area (Å²) in [6.07, 6.45) is 25.2. The van der Waals surface area contributed by atoms with Gasteiger partial charge >= 0.3 is 0 Å². The highest BCUT2D eigenvalue weighted by Crippen LogP contribution is 2.22. The van der Waals surface area contributed by atoms with E-state index in [1.54, 1.807) is 0 Å². The topological polar surface area (TPSA) is 17.8 Å². The Morgan fingerprint density at radius 3 is 2.00 bits per heavy atom. The Labute approximate surface area is 167 Å². The van der Waals surface area contributed by atoms with E-state index in [1.807, 2.05) is 12.5 Å². The number of aryl methyl sites for hydroxylation is 1. The van der Waals surface area contributed by atoms with Crippen molar-refractivity contribution >= 4 is 0 Å². The molecule has 0 aliphatic heterocycles. The van der Waals surface area contributed by atoms with Crippen LogP contribution in [-0.2, 0) is 6.42 Å². The maximum atomic E-state index is 4.27. The van der Waals surface area contributed by atoms with Crippen molar-refractivity contribution in [3.05, 3.63) is 54.6 Å². The molecule has 2 heteroatoms. The summed E-state index contributed by atoms with van der Waals surface area (Å²) < 4.78 is 2.32. The molecule has 0 fully saturated rings. The molecule has 1 unspecified atom stereocenters. The Hall–Kier alpha value is -1.57. The van der Waals surface area contributed by atoms with Crippen molar-refractivity contribution in [1.29, 1.82) is 0 Å². The predicted molar refractivity (Wildman–Crippen MR) is 117 cm³/mol. The normalized spacial score (nSPS) is 12.3. The average Bonchev–Trinajstić information content (AvgIpc) is 3.24. The van der Waals surface area contributed by atoms with Crippen LogP contribution in [0.2, 0.25) is 0 Å². The first kappa shape index (κ1) is 21.7. The van der Waals surface area contributed by atoms with Crippen LogP contribution < -0.4 is 0 Å². The monoisotopic (exact) mass is 368 g/mol. The van der Waals surface area contributed by atoms with Crippen molar-refractivity contribution in [2.24, 2.45) is 0 Å². The zero-order valence-corrected chi connectivity index (χ0v) is 17.5. The van der Waals surface area contributed by atoms with Crippen LogP contribution in [0.4, 0.5) is 0 Å². The second-order valence-electron chi connectivity index (χ2n) is 8.01. The van der Waals surface area contributed by atoms with Crippen molar-refractivity contribution in [1.82, 2.24) is 9.55 Å². The highest BCUT2D eigenvalue weighted by molar-refractivity contribution is 5.14. The number of unbranched alkanes of at least 4 members (excludes halogenated alkanes) is 10. The minimum Gasteiger partial charge on any atom is -0.334 e. The lowest BCUT2D eigenvalue weighted by Crippen LogP contribution is -2.08. The fourth-order valence-corrected chi connectivity index (χ4v) is 3.95. The summed E-state index contributed by atoms with van der Waals surface area (Å²) in [5.74, 6) is 0. The van der Waals surface area contributed by atoms with E-state index in [0.29, 0.717) is 6.04 Å². The van der Waals surface area contributed by atoms with Gasteiger partial charge in [-0.25, -0.2) is 4.98 Å². The molecule has 0 aliphatic carbocycles. The third-order valence-corrected chi connectivity index (χ3v) is 5.70.